The molecule has 3 aromatic rings. The van der Waals surface area contributed by atoms with Crippen LogP contribution in [0.4, 0.5) is 11.4 Å². The van der Waals surface area contributed by atoms with E-state index in [2.05, 4.69) is 23.1 Å². The summed E-state index contributed by atoms with van der Waals surface area (Å²) >= 11 is 0. The van der Waals surface area contributed by atoms with E-state index in [1.807, 2.05) is 72.8 Å². The summed E-state index contributed by atoms with van der Waals surface area (Å²) in [5.74, 6) is 2.68. The van der Waals surface area contributed by atoms with E-state index in [9.17, 15) is 0 Å². The second-order valence-electron chi connectivity index (χ2n) is 5.13. The third-order valence-corrected chi connectivity index (χ3v) is 3.33. The van der Waals surface area contributed by atoms with Gasteiger partial charge in [0.1, 0.15) is 23.0 Å². The molecule has 0 fully saturated rings. The van der Waals surface area contributed by atoms with Gasteiger partial charge in [0.2, 0.25) is 0 Å². The molecule has 0 spiro atoms. The molecule has 4 heteroatoms. The highest BCUT2D eigenvalue weighted by molar-refractivity contribution is 5.53. The summed E-state index contributed by atoms with van der Waals surface area (Å²) in [4.78, 5) is 3.89. The topological polar surface area (TPSA) is 42.8 Å². The molecule has 0 aromatic heterocycles. The van der Waals surface area contributed by atoms with E-state index in [1.54, 1.807) is 0 Å². The van der Waals surface area contributed by atoms with Gasteiger partial charge in [0, 0.05) is 29.9 Å². The molecule has 0 saturated heterocycles. The van der Waals surface area contributed by atoms with Crippen molar-refractivity contribution >= 4 is 18.1 Å². The number of terminal acetylenes is 1. The summed E-state index contributed by atoms with van der Waals surface area (Å²) in [7, 11) is 0. The van der Waals surface area contributed by atoms with Crippen LogP contribution in [0, 0.1) is 12.5 Å². The van der Waals surface area contributed by atoms with Crippen LogP contribution in [-0.4, -0.2) is 6.72 Å². The zero-order valence-electron chi connectivity index (χ0n) is 13.5. The van der Waals surface area contributed by atoms with E-state index in [0.29, 0.717) is 23.0 Å². The average molecular weight is 328 g/mol. The van der Waals surface area contributed by atoms with E-state index in [0.717, 1.165) is 11.4 Å². The highest BCUT2D eigenvalue weighted by Crippen LogP contribution is 2.30. The number of nitrogens with one attached hydrogen (secondary N) is 1. The molecule has 122 valence electrons. The summed E-state index contributed by atoms with van der Waals surface area (Å²) in [6.45, 7) is 3.52. The van der Waals surface area contributed by atoms with Crippen LogP contribution in [-0.2, 0) is 0 Å². The Morgan fingerprint density at radius 3 is 2.00 bits per heavy atom. The van der Waals surface area contributed by atoms with Gasteiger partial charge in [-0.25, -0.2) is 0 Å². The first-order valence-electron chi connectivity index (χ1n) is 7.61. The van der Waals surface area contributed by atoms with Crippen LogP contribution in [0.2, 0.25) is 0 Å². The minimum Gasteiger partial charge on any atom is -0.457 e. The van der Waals surface area contributed by atoms with Gasteiger partial charge in [-0.3, -0.25) is 4.99 Å². The maximum Gasteiger partial charge on any atom is 0.131 e. The van der Waals surface area contributed by atoms with E-state index < -0.39 is 0 Å². The molecule has 0 aliphatic heterocycles. The van der Waals surface area contributed by atoms with Crippen LogP contribution < -0.4 is 14.8 Å². The van der Waals surface area contributed by atoms with Crippen molar-refractivity contribution in [2.75, 3.05) is 5.32 Å². The Balaban J connectivity index is 1.76. The lowest BCUT2D eigenvalue weighted by Crippen LogP contribution is -1.90. The largest absolute Gasteiger partial charge is 0.457 e. The minimum absolute atomic E-state index is 0.661. The van der Waals surface area contributed by atoms with Crippen molar-refractivity contribution in [3.8, 4) is 35.5 Å². The molecule has 25 heavy (non-hydrogen) atoms. The zero-order chi connectivity index (χ0) is 17.5. The predicted molar refractivity (Wildman–Crippen MR) is 101 cm³/mol. The molecule has 0 radical (unpaired) electrons. The molecule has 0 atom stereocenters. The lowest BCUT2D eigenvalue weighted by molar-refractivity contribution is 0.460. The first-order chi connectivity index (χ1) is 12.3. The van der Waals surface area contributed by atoms with Gasteiger partial charge >= 0.3 is 0 Å². The smallest absolute Gasteiger partial charge is 0.131 e. The van der Waals surface area contributed by atoms with E-state index in [4.69, 9.17) is 15.9 Å². The summed E-state index contributed by atoms with van der Waals surface area (Å²) in [5, 5.41) is 2.80. The molecule has 0 aliphatic carbocycles. The Morgan fingerprint density at radius 2 is 1.36 bits per heavy atom. The second kappa shape index (κ2) is 7.71. The average Bonchev–Trinajstić information content (AvgIpc) is 2.63. The first-order valence-corrected chi connectivity index (χ1v) is 7.61. The summed E-state index contributed by atoms with van der Waals surface area (Å²) in [6, 6.07) is 24.6. The molecule has 0 unspecified atom stereocenters. The SMILES string of the molecule is C#CNc1cccc(Oc2cccc(Oc3cccc(N=C)c3)c2)c1. The predicted octanol–water partition coefficient (Wildman–Crippen LogP) is 5.61. The van der Waals surface area contributed by atoms with Crippen molar-refractivity contribution in [3.63, 3.8) is 0 Å². The molecular weight excluding hydrogens is 312 g/mol. The fraction of sp³-hybridized carbons (Fsp3) is 0. The number of nitrogens with zero attached hydrogens (tertiary/aromatic N) is 1. The zero-order valence-corrected chi connectivity index (χ0v) is 13.5. The maximum absolute atomic E-state index is 5.87. The molecule has 0 saturated carbocycles. The van der Waals surface area contributed by atoms with Crippen molar-refractivity contribution < 1.29 is 9.47 Å². The monoisotopic (exact) mass is 328 g/mol. The van der Waals surface area contributed by atoms with Gasteiger partial charge < -0.3 is 14.8 Å². The maximum atomic E-state index is 5.87. The number of anilines is 1. The van der Waals surface area contributed by atoms with Gasteiger partial charge in [0.15, 0.2) is 0 Å². The normalized spacial score (nSPS) is 9.72. The van der Waals surface area contributed by atoms with Crippen molar-refractivity contribution in [1.82, 2.24) is 0 Å². The van der Waals surface area contributed by atoms with Crippen LogP contribution >= 0.6 is 0 Å². The third kappa shape index (κ3) is 4.40. The number of aliphatic imine (C=N–C) groups is 1. The van der Waals surface area contributed by atoms with Crippen molar-refractivity contribution in [1.29, 1.82) is 0 Å². The Hall–Kier alpha value is -3.71. The van der Waals surface area contributed by atoms with E-state index in [-0.39, 0.29) is 0 Å². The van der Waals surface area contributed by atoms with Gasteiger partial charge in [-0.05, 0) is 43.1 Å². The fourth-order valence-electron chi connectivity index (χ4n) is 2.24. The number of hydrogen-bond donors (Lipinski definition) is 1. The van der Waals surface area contributed by atoms with E-state index in [1.165, 1.54) is 0 Å². The van der Waals surface area contributed by atoms with Crippen LogP contribution in [0.3, 0.4) is 0 Å². The molecule has 1 N–H and O–H groups in total. The minimum atomic E-state index is 0.661. The van der Waals surface area contributed by atoms with Crippen LogP contribution in [0.5, 0.6) is 23.0 Å². The molecule has 0 bridgehead atoms. The Morgan fingerprint density at radius 1 is 0.800 bits per heavy atom. The Kier molecular flexibility index (Phi) is 4.98. The number of hydrogen-bond acceptors (Lipinski definition) is 4. The van der Waals surface area contributed by atoms with Gasteiger partial charge in [0.05, 0.1) is 5.69 Å². The van der Waals surface area contributed by atoms with Crippen molar-refractivity contribution in [2.45, 2.75) is 0 Å². The highest BCUT2D eigenvalue weighted by Gasteiger charge is 2.03. The van der Waals surface area contributed by atoms with Crippen molar-refractivity contribution in [3.05, 3.63) is 72.8 Å². The molecule has 0 aliphatic rings. The second-order valence-corrected chi connectivity index (χ2v) is 5.13. The lowest BCUT2D eigenvalue weighted by Gasteiger charge is -2.10. The number of rotatable bonds is 6. The Bertz CT molecular complexity index is 929. The fourth-order valence-corrected chi connectivity index (χ4v) is 2.24. The molecule has 3 aromatic carbocycles. The van der Waals surface area contributed by atoms with Crippen LogP contribution in [0.15, 0.2) is 77.8 Å². The molecular formula is C21H16N2O2. The molecule has 4 nitrogen and oxygen atoms in total. The van der Waals surface area contributed by atoms with Crippen LogP contribution in [0.25, 0.3) is 0 Å². The summed E-state index contributed by atoms with van der Waals surface area (Å²) in [5.41, 5.74) is 1.55. The van der Waals surface area contributed by atoms with Gasteiger partial charge in [-0.15, -0.1) is 0 Å². The van der Waals surface area contributed by atoms with Gasteiger partial charge in [-0.1, -0.05) is 24.6 Å². The van der Waals surface area contributed by atoms with Gasteiger partial charge in [-0.2, -0.15) is 0 Å². The summed E-state index contributed by atoms with van der Waals surface area (Å²) < 4.78 is 11.7. The van der Waals surface area contributed by atoms with E-state index >= 15 is 0 Å². The van der Waals surface area contributed by atoms with Crippen LogP contribution in [0.1, 0.15) is 0 Å². The molecule has 0 amide bonds. The third-order valence-electron chi connectivity index (χ3n) is 3.33. The summed E-state index contributed by atoms with van der Waals surface area (Å²) in [6.07, 6.45) is 5.25. The lowest BCUT2D eigenvalue weighted by atomic mass is 10.3. The molecule has 0 heterocycles. The highest BCUT2D eigenvalue weighted by atomic mass is 16.5. The Labute approximate surface area is 146 Å². The number of ether oxygens (including phenoxy) is 2. The standard InChI is InChI=1S/C21H16N2O2/c1-3-23-17-8-5-10-19(14-17)25-21-12-6-11-20(15-21)24-18-9-4-7-16(13-18)22-2/h1,4-15,23H,2H2. The number of benzene rings is 3. The van der Waals surface area contributed by atoms with Crippen molar-refractivity contribution in [2.24, 2.45) is 4.99 Å². The quantitative estimate of drug-likeness (QED) is 0.363. The molecule has 3 rings (SSSR count). The first kappa shape index (κ1) is 16.2. The van der Waals surface area contributed by atoms with Gasteiger partial charge in [0.25, 0.3) is 0 Å².